The van der Waals surface area contributed by atoms with Gasteiger partial charge in [-0.2, -0.15) is 0 Å². The first-order chi connectivity index (χ1) is 10.7. The molecule has 23 heavy (non-hydrogen) atoms. The zero-order valence-electron chi connectivity index (χ0n) is 14.0. The molecule has 5 nitrogen and oxygen atoms in total. The number of piperidine rings is 1. The normalized spacial score (nSPS) is 18.4. The zero-order valence-corrected chi connectivity index (χ0v) is 14.0. The molecule has 0 amide bonds. The minimum Gasteiger partial charge on any atom is -0.480 e. The number of carboxylic acids is 1. The van der Waals surface area contributed by atoms with E-state index >= 15 is 0 Å². The number of aliphatic carboxylic acids is 1. The fraction of sp³-hybridized carbons (Fsp3) is 0.556. The number of hydrogen-bond donors (Lipinski definition) is 1. The Balaban J connectivity index is 2.03. The number of carbonyl (C=O) groups is 2. The van der Waals surface area contributed by atoms with Gasteiger partial charge in [0.15, 0.2) is 5.41 Å². The summed E-state index contributed by atoms with van der Waals surface area (Å²) in [6.45, 7) is 7.17. The lowest BCUT2D eigenvalue weighted by atomic mass is 9.78. The van der Waals surface area contributed by atoms with Crippen LogP contribution in [-0.2, 0) is 20.9 Å². The fourth-order valence-electron chi connectivity index (χ4n) is 2.82. The van der Waals surface area contributed by atoms with E-state index in [1.54, 1.807) is 20.8 Å². The van der Waals surface area contributed by atoms with E-state index in [-0.39, 0.29) is 12.8 Å². The predicted molar refractivity (Wildman–Crippen MR) is 86.9 cm³/mol. The summed E-state index contributed by atoms with van der Waals surface area (Å²) >= 11 is 0. The molecule has 1 aromatic carbocycles. The van der Waals surface area contributed by atoms with Crippen LogP contribution in [0.2, 0.25) is 0 Å². The first-order valence-electron chi connectivity index (χ1n) is 7.96. The van der Waals surface area contributed by atoms with Crippen molar-refractivity contribution in [3.8, 4) is 0 Å². The number of ether oxygens (including phenoxy) is 1. The molecule has 0 aromatic heterocycles. The number of esters is 1. The van der Waals surface area contributed by atoms with E-state index in [0.29, 0.717) is 13.1 Å². The maximum absolute atomic E-state index is 12.4. The van der Waals surface area contributed by atoms with Crippen molar-refractivity contribution in [2.75, 3.05) is 13.1 Å². The Labute approximate surface area is 137 Å². The number of nitrogens with zero attached hydrogens (tertiary/aromatic N) is 1. The fourth-order valence-corrected chi connectivity index (χ4v) is 2.82. The highest BCUT2D eigenvalue weighted by Crippen LogP contribution is 2.35. The predicted octanol–water partition coefficient (Wildman–Crippen LogP) is 2.70. The van der Waals surface area contributed by atoms with E-state index in [0.717, 1.165) is 6.54 Å². The third-order valence-corrected chi connectivity index (χ3v) is 4.16. The Hall–Kier alpha value is -1.88. The Morgan fingerprint density at radius 2 is 1.74 bits per heavy atom. The van der Waals surface area contributed by atoms with E-state index in [1.165, 1.54) is 5.56 Å². The second kappa shape index (κ2) is 6.71. The first kappa shape index (κ1) is 17.5. The molecule has 2 rings (SSSR count). The van der Waals surface area contributed by atoms with Gasteiger partial charge in [0.1, 0.15) is 5.60 Å². The molecule has 5 heteroatoms. The third kappa shape index (κ3) is 4.32. The summed E-state index contributed by atoms with van der Waals surface area (Å²) in [5, 5.41) is 9.61. The number of benzene rings is 1. The van der Waals surface area contributed by atoms with E-state index in [2.05, 4.69) is 4.90 Å². The van der Waals surface area contributed by atoms with Crippen molar-refractivity contribution in [3.63, 3.8) is 0 Å². The molecule has 0 spiro atoms. The smallest absolute Gasteiger partial charge is 0.324 e. The van der Waals surface area contributed by atoms with Gasteiger partial charge in [0.05, 0.1) is 0 Å². The van der Waals surface area contributed by atoms with Gasteiger partial charge < -0.3 is 9.84 Å². The zero-order chi connectivity index (χ0) is 17.1. The van der Waals surface area contributed by atoms with Gasteiger partial charge in [0.25, 0.3) is 0 Å². The molecule has 0 aliphatic carbocycles. The first-order valence-corrected chi connectivity index (χ1v) is 7.96. The van der Waals surface area contributed by atoms with Crippen molar-refractivity contribution in [3.05, 3.63) is 35.9 Å². The molecule has 1 N–H and O–H groups in total. The highest BCUT2D eigenvalue weighted by atomic mass is 16.6. The van der Waals surface area contributed by atoms with E-state index in [1.807, 2.05) is 30.3 Å². The number of carboxylic acid groups (broad SMARTS) is 1. The molecule has 0 saturated carbocycles. The molecule has 0 radical (unpaired) electrons. The molecule has 0 atom stereocenters. The van der Waals surface area contributed by atoms with Crippen LogP contribution >= 0.6 is 0 Å². The van der Waals surface area contributed by atoms with Gasteiger partial charge in [-0.05, 0) is 39.2 Å². The van der Waals surface area contributed by atoms with Crippen LogP contribution in [0.25, 0.3) is 0 Å². The lowest BCUT2D eigenvalue weighted by molar-refractivity contribution is -0.180. The van der Waals surface area contributed by atoms with Crippen molar-refractivity contribution in [1.29, 1.82) is 0 Å². The molecule has 1 saturated heterocycles. The van der Waals surface area contributed by atoms with E-state index in [4.69, 9.17) is 4.74 Å². The molecule has 1 fully saturated rings. The van der Waals surface area contributed by atoms with Crippen LogP contribution in [0.1, 0.15) is 39.2 Å². The van der Waals surface area contributed by atoms with Gasteiger partial charge in [-0.15, -0.1) is 0 Å². The van der Waals surface area contributed by atoms with Crippen molar-refractivity contribution < 1.29 is 19.4 Å². The Kier molecular flexibility index (Phi) is 5.09. The molecule has 1 aliphatic heterocycles. The van der Waals surface area contributed by atoms with Gasteiger partial charge in [0.2, 0.25) is 0 Å². The largest absolute Gasteiger partial charge is 0.480 e. The number of hydrogen-bond acceptors (Lipinski definition) is 4. The minimum absolute atomic E-state index is 0.282. The quantitative estimate of drug-likeness (QED) is 0.683. The summed E-state index contributed by atoms with van der Waals surface area (Å²) in [5.41, 5.74) is -0.908. The lowest BCUT2D eigenvalue weighted by Gasteiger charge is -2.38. The van der Waals surface area contributed by atoms with Crippen molar-refractivity contribution in [1.82, 2.24) is 4.90 Å². The number of likely N-dealkylation sites (tertiary alicyclic amines) is 1. The van der Waals surface area contributed by atoms with Crippen molar-refractivity contribution in [2.24, 2.45) is 5.41 Å². The van der Waals surface area contributed by atoms with Crippen LogP contribution in [0, 0.1) is 5.41 Å². The van der Waals surface area contributed by atoms with Crippen LogP contribution in [0.3, 0.4) is 0 Å². The summed E-state index contributed by atoms with van der Waals surface area (Å²) in [7, 11) is 0. The maximum atomic E-state index is 12.4. The molecule has 0 bridgehead atoms. The summed E-state index contributed by atoms with van der Waals surface area (Å²) < 4.78 is 5.36. The Morgan fingerprint density at radius 3 is 2.22 bits per heavy atom. The van der Waals surface area contributed by atoms with Crippen LogP contribution in [0.4, 0.5) is 0 Å². The molecule has 1 heterocycles. The van der Waals surface area contributed by atoms with Crippen LogP contribution in [-0.4, -0.2) is 40.6 Å². The van der Waals surface area contributed by atoms with Crippen molar-refractivity contribution in [2.45, 2.75) is 45.8 Å². The topological polar surface area (TPSA) is 66.8 Å². The SMILES string of the molecule is CC(C)(C)OC(=O)C1(C(=O)O)CCN(Cc2ccccc2)CC1. The maximum Gasteiger partial charge on any atom is 0.324 e. The highest BCUT2D eigenvalue weighted by Gasteiger charge is 2.50. The highest BCUT2D eigenvalue weighted by molar-refractivity contribution is 5.99. The van der Waals surface area contributed by atoms with Gasteiger partial charge in [0, 0.05) is 19.6 Å². The van der Waals surface area contributed by atoms with Gasteiger partial charge >= 0.3 is 11.9 Å². The average Bonchev–Trinajstić information content (AvgIpc) is 2.47. The molecular weight excluding hydrogens is 294 g/mol. The van der Waals surface area contributed by atoms with Crippen LogP contribution < -0.4 is 0 Å². The second-order valence-electron chi connectivity index (χ2n) is 7.15. The van der Waals surface area contributed by atoms with Gasteiger partial charge in [-0.1, -0.05) is 30.3 Å². The lowest BCUT2D eigenvalue weighted by Crippen LogP contribution is -2.50. The Morgan fingerprint density at radius 1 is 1.17 bits per heavy atom. The van der Waals surface area contributed by atoms with Gasteiger partial charge in [-0.25, -0.2) is 0 Å². The molecule has 0 unspecified atom stereocenters. The monoisotopic (exact) mass is 319 g/mol. The molecule has 1 aliphatic rings. The van der Waals surface area contributed by atoms with Crippen LogP contribution in [0.15, 0.2) is 30.3 Å². The summed E-state index contributed by atoms with van der Waals surface area (Å²) in [6.07, 6.45) is 0.564. The summed E-state index contributed by atoms with van der Waals surface area (Å²) in [4.78, 5) is 26.4. The minimum atomic E-state index is -1.42. The average molecular weight is 319 g/mol. The van der Waals surface area contributed by atoms with Gasteiger partial charge in [-0.3, -0.25) is 14.5 Å². The standard InChI is InChI=1S/C18H25NO4/c1-17(2,3)23-16(22)18(15(20)21)9-11-19(12-10-18)13-14-7-5-4-6-8-14/h4-8H,9-13H2,1-3H3,(H,20,21). The third-order valence-electron chi connectivity index (χ3n) is 4.16. The molecule has 1 aromatic rings. The van der Waals surface area contributed by atoms with E-state index < -0.39 is 23.0 Å². The number of rotatable bonds is 4. The Bertz CT molecular complexity index is 554. The molecule has 126 valence electrons. The summed E-state index contributed by atoms with van der Waals surface area (Å²) in [5.74, 6) is -1.69. The number of carbonyl (C=O) groups excluding carboxylic acids is 1. The second-order valence-corrected chi connectivity index (χ2v) is 7.15. The van der Waals surface area contributed by atoms with E-state index in [9.17, 15) is 14.7 Å². The van der Waals surface area contributed by atoms with Crippen molar-refractivity contribution >= 4 is 11.9 Å². The van der Waals surface area contributed by atoms with Crippen LogP contribution in [0.5, 0.6) is 0 Å². The molecular formula is C18H25NO4. The summed E-state index contributed by atoms with van der Waals surface area (Å²) in [6, 6.07) is 10.0.